The van der Waals surface area contributed by atoms with Crippen LogP contribution in [0.3, 0.4) is 0 Å². The van der Waals surface area contributed by atoms with Crippen LogP contribution in [-0.4, -0.2) is 19.4 Å². The fraction of sp³-hybridized carbons (Fsp3) is 0.625. The van der Waals surface area contributed by atoms with E-state index in [2.05, 4.69) is 6.92 Å². The predicted molar refractivity (Wildman–Crippen MR) is 77.4 cm³/mol. The minimum atomic E-state index is 0.293. The fourth-order valence-corrected chi connectivity index (χ4v) is 2.95. The van der Waals surface area contributed by atoms with Gasteiger partial charge in [0, 0.05) is 6.07 Å². The van der Waals surface area contributed by atoms with Gasteiger partial charge < -0.3 is 19.9 Å². The number of hydrogen-bond acceptors (Lipinski definition) is 4. The van der Waals surface area contributed by atoms with Gasteiger partial charge in [-0.3, -0.25) is 0 Å². The molecule has 3 rings (SSSR count). The van der Waals surface area contributed by atoms with Crippen LogP contribution in [0.25, 0.3) is 0 Å². The van der Waals surface area contributed by atoms with Gasteiger partial charge >= 0.3 is 0 Å². The van der Waals surface area contributed by atoms with Crippen LogP contribution in [0, 0.1) is 5.92 Å². The molecule has 1 aromatic rings. The summed E-state index contributed by atoms with van der Waals surface area (Å²) in [6, 6.07) is 3.97. The normalized spacial score (nSPS) is 24.7. The lowest BCUT2D eigenvalue weighted by Crippen LogP contribution is -2.23. The van der Waals surface area contributed by atoms with E-state index in [4.69, 9.17) is 19.9 Å². The molecule has 0 spiro atoms. The highest BCUT2D eigenvalue weighted by Crippen LogP contribution is 2.39. The van der Waals surface area contributed by atoms with Crippen molar-refractivity contribution in [1.29, 1.82) is 0 Å². The molecular weight excluding hydrogens is 254 g/mol. The number of fused-ring (bicyclic) bond motifs is 1. The van der Waals surface area contributed by atoms with E-state index in [9.17, 15) is 0 Å². The van der Waals surface area contributed by atoms with Crippen molar-refractivity contribution in [3.63, 3.8) is 0 Å². The summed E-state index contributed by atoms with van der Waals surface area (Å²) in [4.78, 5) is 0. The van der Waals surface area contributed by atoms with E-state index in [0.29, 0.717) is 19.4 Å². The molecule has 2 N–H and O–H groups in total. The van der Waals surface area contributed by atoms with Crippen LogP contribution in [0.4, 0.5) is 0 Å². The maximum atomic E-state index is 6.22. The van der Waals surface area contributed by atoms with Gasteiger partial charge in [0.05, 0.1) is 6.10 Å². The van der Waals surface area contributed by atoms with Gasteiger partial charge in [0.2, 0.25) is 6.79 Å². The number of rotatable bonds is 4. The van der Waals surface area contributed by atoms with Crippen LogP contribution in [0.1, 0.15) is 38.2 Å². The van der Waals surface area contributed by atoms with Crippen LogP contribution in [0.5, 0.6) is 17.2 Å². The van der Waals surface area contributed by atoms with Gasteiger partial charge in [-0.15, -0.1) is 0 Å². The lowest BCUT2D eigenvalue weighted by atomic mass is 9.89. The van der Waals surface area contributed by atoms with E-state index < -0.39 is 0 Å². The summed E-state index contributed by atoms with van der Waals surface area (Å²) < 4.78 is 17.1. The van der Waals surface area contributed by atoms with E-state index in [1.54, 1.807) is 0 Å². The Morgan fingerprint density at radius 2 is 1.85 bits per heavy atom. The molecule has 1 heterocycles. The number of nitrogens with two attached hydrogens (primary N) is 1. The Balaban J connectivity index is 1.77. The van der Waals surface area contributed by atoms with E-state index in [-0.39, 0.29) is 0 Å². The molecule has 1 aliphatic carbocycles. The van der Waals surface area contributed by atoms with Crippen molar-refractivity contribution in [2.24, 2.45) is 11.7 Å². The van der Waals surface area contributed by atoms with Gasteiger partial charge in [-0.1, -0.05) is 6.92 Å². The first-order valence-corrected chi connectivity index (χ1v) is 7.55. The summed E-state index contributed by atoms with van der Waals surface area (Å²) in [5.41, 5.74) is 6.82. The molecule has 2 aliphatic rings. The summed E-state index contributed by atoms with van der Waals surface area (Å²) in [5, 5.41) is 0. The van der Waals surface area contributed by atoms with Crippen LogP contribution in [0.2, 0.25) is 0 Å². The Labute approximate surface area is 120 Å². The summed E-state index contributed by atoms with van der Waals surface area (Å²) in [6.45, 7) is 3.22. The molecule has 1 aliphatic heterocycles. The third kappa shape index (κ3) is 2.85. The van der Waals surface area contributed by atoms with Gasteiger partial charge in [0.15, 0.2) is 11.5 Å². The van der Waals surface area contributed by atoms with Crippen LogP contribution >= 0.6 is 0 Å². The average Bonchev–Trinajstić information content (AvgIpc) is 2.89. The number of benzene rings is 1. The molecule has 0 bridgehead atoms. The molecule has 1 fully saturated rings. The van der Waals surface area contributed by atoms with E-state index >= 15 is 0 Å². The second-order valence-electron chi connectivity index (χ2n) is 5.85. The maximum Gasteiger partial charge on any atom is 0.231 e. The first-order valence-electron chi connectivity index (χ1n) is 7.55. The fourth-order valence-electron chi connectivity index (χ4n) is 2.95. The molecule has 0 saturated heterocycles. The van der Waals surface area contributed by atoms with E-state index in [1.807, 2.05) is 12.1 Å². The van der Waals surface area contributed by atoms with Crippen molar-refractivity contribution in [3.05, 3.63) is 17.7 Å². The van der Waals surface area contributed by atoms with Crippen molar-refractivity contribution < 1.29 is 14.2 Å². The highest BCUT2D eigenvalue weighted by Gasteiger charge is 2.23. The summed E-state index contributed by atoms with van der Waals surface area (Å²) >= 11 is 0. The highest BCUT2D eigenvalue weighted by molar-refractivity contribution is 5.52. The minimum Gasteiger partial charge on any atom is -0.490 e. The Morgan fingerprint density at radius 3 is 2.55 bits per heavy atom. The Morgan fingerprint density at radius 1 is 1.15 bits per heavy atom. The molecule has 0 amide bonds. The minimum absolute atomic E-state index is 0.293. The molecule has 4 heteroatoms. The molecule has 110 valence electrons. The molecule has 4 nitrogen and oxygen atoms in total. The topological polar surface area (TPSA) is 53.7 Å². The molecule has 0 radical (unpaired) electrons. The van der Waals surface area contributed by atoms with Crippen LogP contribution < -0.4 is 19.9 Å². The zero-order chi connectivity index (χ0) is 13.9. The molecule has 1 saturated carbocycles. The molecular formula is C16H23NO3. The maximum absolute atomic E-state index is 6.22. The second-order valence-corrected chi connectivity index (χ2v) is 5.85. The molecule has 20 heavy (non-hydrogen) atoms. The lowest BCUT2D eigenvalue weighted by molar-refractivity contribution is 0.134. The monoisotopic (exact) mass is 277 g/mol. The Bertz CT molecular complexity index is 467. The highest BCUT2D eigenvalue weighted by atomic mass is 16.7. The summed E-state index contributed by atoms with van der Waals surface area (Å²) in [5.74, 6) is 3.33. The zero-order valence-corrected chi connectivity index (χ0v) is 12.1. The zero-order valence-electron chi connectivity index (χ0n) is 12.1. The van der Waals surface area contributed by atoms with E-state index in [1.165, 1.54) is 12.8 Å². The van der Waals surface area contributed by atoms with Crippen molar-refractivity contribution in [2.45, 2.75) is 45.1 Å². The smallest absolute Gasteiger partial charge is 0.231 e. The van der Waals surface area contributed by atoms with Crippen LogP contribution in [0.15, 0.2) is 12.1 Å². The second kappa shape index (κ2) is 5.92. The van der Waals surface area contributed by atoms with Crippen molar-refractivity contribution in [3.8, 4) is 17.2 Å². The third-order valence-electron chi connectivity index (χ3n) is 4.23. The largest absolute Gasteiger partial charge is 0.490 e. The first-order chi connectivity index (χ1) is 9.76. The average molecular weight is 277 g/mol. The van der Waals surface area contributed by atoms with Crippen molar-refractivity contribution in [1.82, 2.24) is 0 Å². The molecule has 0 atom stereocenters. The van der Waals surface area contributed by atoms with E-state index in [0.717, 1.165) is 48.0 Å². The number of hydrogen-bond donors (Lipinski definition) is 1. The Hall–Kier alpha value is -1.42. The van der Waals surface area contributed by atoms with Gasteiger partial charge in [-0.05, 0) is 56.2 Å². The molecule has 1 aromatic carbocycles. The standard InChI is InChI=1S/C16H23NO3/c1-11-2-4-13(5-3-11)20-14-9-16-15(18-10-19-16)8-12(14)6-7-17/h8-9,11,13H,2-7,10,17H2,1H3. The molecule has 0 aromatic heterocycles. The van der Waals surface area contributed by atoms with Gasteiger partial charge in [-0.2, -0.15) is 0 Å². The Kier molecular flexibility index (Phi) is 4.01. The third-order valence-corrected chi connectivity index (χ3v) is 4.23. The van der Waals surface area contributed by atoms with Crippen molar-refractivity contribution >= 4 is 0 Å². The quantitative estimate of drug-likeness (QED) is 0.919. The summed E-state index contributed by atoms with van der Waals surface area (Å²) in [6.07, 6.45) is 5.90. The van der Waals surface area contributed by atoms with Crippen LogP contribution in [-0.2, 0) is 6.42 Å². The predicted octanol–water partition coefficient (Wildman–Crippen LogP) is 2.87. The van der Waals surface area contributed by atoms with Gasteiger partial charge in [-0.25, -0.2) is 0 Å². The summed E-state index contributed by atoms with van der Waals surface area (Å²) in [7, 11) is 0. The van der Waals surface area contributed by atoms with Gasteiger partial charge in [0.25, 0.3) is 0 Å². The first kappa shape index (κ1) is 13.6. The lowest BCUT2D eigenvalue weighted by Gasteiger charge is -2.27. The number of ether oxygens (including phenoxy) is 3. The van der Waals surface area contributed by atoms with Gasteiger partial charge in [0.1, 0.15) is 5.75 Å². The molecule has 0 unspecified atom stereocenters. The van der Waals surface area contributed by atoms with Crippen molar-refractivity contribution in [2.75, 3.05) is 13.3 Å². The SMILES string of the molecule is CC1CCC(Oc2cc3c(cc2CCN)OCO3)CC1.